The molecular weight excluding hydrogens is 328 g/mol. The van der Waals surface area contributed by atoms with E-state index in [-0.39, 0.29) is 5.91 Å². The van der Waals surface area contributed by atoms with Gasteiger partial charge in [-0.1, -0.05) is 0 Å². The number of aromatic nitrogens is 1. The van der Waals surface area contributed by atoms with E-state index in [1.165, 1.54) is 0 Å². The monoisotopic (exact) mass is 344 g/mol. The number of carbonyl (C=O) groups is 1. The highest BCUT2D eigenvalue weighted by molar-refractivity contribution is 9.10. The van der Waals surface area contributed by atoms with Gasteiger partial charge in [-0.05, 0) is 40.2 Å². The van der Waals surface area contributed by atoms with Crippen molar-refractivity contribution in [2.45, 2.75) is 12.5 Å². The van der Waals surface area contributed by atoms with Crippen molar-refractivity contribution in [3.05, 3.63) is 28.5 Å². The summed E-state index contributed by atoms with van der Waals surface area (Å²) in [5.74, 6) is 2.18. The zero-order chi connectivity index (χ0) is 13.7. The van der Waals surface area contributed by atoms with Crippen molar-refractivity contribution in [3.63, 3.8) is 0 Å². The summed E-state index contributed by atoms with van der Waals surface area (Å²) in [5, 5.41) is 0. The first-order chi connectivity index (χ1) is 9.22. The van der Waals surface area contributed by atoms with E-state index < -0.39 is 0 Å². The van der Waals surface area contributed by atoms with Gasteiger partial charge in [0.1, 0.15) is 4.60 Å². The molecule has 0 bridgehead atoms. The summed E-state index contributed by atoms with van der Waals surface area (Å²) < 4.78 is 5.85. The predicted molar refractivity (Wildman–Crippen MR) is 80.6 cm³/mol. The summed E-state index contributed by atoms with van der Waals surface area (Å²) in [6.07, 6.45) is 2.68. The second kappa shape index (κ2) is 7.26. The highest BCUT2D eigenvalue weighted by atomic mass is 79.9. The summed E-state index contributed by atoms with van der Waals surface area (Å²) in [7, 11) is 1.66. The molecule has 0 saturated carbocycles. The van der Waals surface area contributed by atoms with Gasteiger partial charge in [-0.2, -0.15) is 11.8 Å². The first kappa shape index (κ1) is 14.8. The minimum absolute atomic E-state index is 0.0459. The molecule has 1 aliphatic rings. The molecule has 6 heteroatoms. The number of hydrogen-bond acceptors (Lipinski definition) is 4. The number of hydrogen-bond donors (Lipinski definition) is 0. The molecule has 19 heavy (non-hydrogen) atoms. The Bertz CT molecular complexity index is 421. The minimum Gasteiger partial charge on any atom is -0.383 e. The lowest BCUT2D eigenvalue weighted by Crippen LogP contribution is -2.42. The SMILES string of the molecule is COCCN(C(=O)c1ccc(Br)nc1)C1CCSC1. The largest absolute Gasteiger partial charge is 0.383 e. The van der Waals surface area contributed by atoms with Crippen molar-refractivity contribution >= 4 is 33.6 Å². The average molecular weight is 345 g/mol. The van der Waals surface area contributed by atoms with E-state index in [9.17, 15) is 4.79 Å². The Morgan fingerprint density at radius 1 is 1.63 bits per heavy atom. The molecule has 1 atom stereocenters. The number of pyridine rings is 1. The molecule has 2 rings (SSSR count). The van der Waals surface area contributed by atoms with Crippen molar-refractivity contribution in [1.82, 2.24) is 9.88 Å². The lowest BCUT2D eigenvalue weighted by atomic mass is 10.1. The topological polar surface area (TPSA) is 42.4 Å². The van der Waals surface area contributed by atoms with E-state index in [4.69, 9.17) is 4.74 Å². The Balaban J connectivity index is 2.11. The van der Waals surface area contributed by atoms with Gasteiger partial charge < -0.3 is 9.64 Å². The number of carbonyl (C=O) groups excluding carboxylic acids is 1. The number of ether oxygens (including phenoxy) is 1. The van der Waals surface area contributed by atoms with Crippen molar-refractivity contribution < 1.29 is 9.53 Å². The molecule has 1 aromatic rings. The maximum Gasteiger partial charge on any atom is 0.255 e. The number of halogens is 1. The highest BCUT2D eigenvalue weighted by Gasteiger charge is 2.27. The summed E-state index contributed by atoms with van der Waals surface area (Å²) in [6.45, 7) is 1.20. The van der Waals surface area contributed by atoms with Gasteiger partial charge in [0, 0.05) is 31.6 Å². The fourth-order valence-electron chi connectivity index (χ4n) is 2.08. The fraction of sp³-hybridized carbons (Fsp3) is 0.538. The molecule has 0 radical (unpaired) electrons. The molecule has 0 spiro atoms. The van der Waals surface area contributed by atoms with Crippen LogP contribution in [0.4, 0.5) is 0 Å². The number of thioether (sulfide) groups is 1. The quantitative estimate of drug-likeness (QED) is 0.769. The van der Waals surface area contributed by atoms with E-state index in [0.717, 1.165) is 22.5 Å². The van der Waals surface area contributed by atoms with E-state index in [2.05, 4.69) is 20.9 Å². The van der Waals surface area contributed by atoms with Crippen LogP contribution in [0.5, 0.6) is 0 Å². The van der Waals surface area contributed by atoms with Crippen molar-refractivity contribution in [2.24, 2.45) is 0 Å². The zero-order valence-corrected chi connectivity index (χ0v) is 13.2. The molecule has 1 saturated heterocycles. The van der Waals surface area contributed by atoms with Crippen LogP contribution in [0, 0.1) is 0 Å². The van der Waals surface area contributed by atoms with Crippen molar-refractivity contribution in [2.75, 3.05) is 31.8 Å². The Kier molecular flexibility index (Phi) is 5.66. The molecule has 1 amide bonds. The van der Waals surface area contributed by atoms with Crippen LogP contribution in [0.15, 0.2) is 22.9 Å². The van der Waals surface area contributed by atoms with Gasteiger partial charge in [0.15, 0.2) is 0 Å². The van der Waals surface area contributed by atoms with Gasteiger partial charge in [0.25, 0.3) is 5.91 Å². The summed E-state index contributed by atoms with van der Waals surface area (Å²) >= 11 is 5.18. The molecule has 1 aliphatic heterocycles. The van der Waals surface area contributed by atoms with Crippen LogP contribution in [0.1, 0.15) is 16.8 Å². The normalized spacial score (nSPS) is 18.5. The van der Waals surface area contributed by atoms with E-state index in [1.54, 1.807) is 25.4 Å². The number of nitrogens with zero attached hydrogens (tertiary/aromatic N) is 2. The molecule has 104 valence electrons. The number of rotatable bonds is 5. The molecule has 0 aromatic carbocycles. The predicted octanol–water partition coefficient (Wildman–Crippen LogP) is 2.44. The van der Waals surface area contributed by atoms with Crippen LogP contribution < -0.4 is 0 Å². The fourth-order valence-corrected chi connectivity index (χ4v) is 3.53. The first-order valence-corrected chi connectivity index (χ1v) is 8.16. The Labute approximate surface area is 126 Å². The lowest BCUT2D eigenvalue weighted by molar-refractivity contribution is 0.0624. The van der Waals surface area contributed by atoms with E-state index in [1.807, 2.05) is 16.7 Å². The van der Waals surface area contributed by atoms with Crippen LogP contribution in [-0.4, -0.2) is 53.6 Å². The third-order valence-corrected chi connectivity index (χ3v) is 4.73. The smallest absolute Gasteiger partial charge is 0.255 e. The van der Waals surface area contributed by atoms with Gasteiger partial charge in [-0.25, -0.2) is 4.98 Å². The molecular formula is C13H17BrN2O2S. The van der Waals surface area contributed by atoms with Gasteiger partial charge >= 0.3 is 0 Å². The van der Waals surface area contributed by atoms with Gasteiger partial charge in [0.05, 0.1) is 12.2 Å². The second-order valence-electron chi connectivity index (χ2n) is 4.38. The maximum absolute atomic E-state index is 12.6. The number of amides is 1. The van der Waals surface area contributed by atoms with Crippen molar-refractivity contribution in [3.8, 4) is 0 Å². The Hall–Kier alpha value is -0.590. The molecule has 1 aromatic heterocycles. The summed E-state index contributed by atoms with van der Waals surface area (Å²) in [5.41, 5.74) is 0.635. The third-order valence-electron chi connectivity index (χ3n) is 3.12. The van der Waals surface area contributed by atoms with Crippen LogP contribution in [0.3, 0.4) is 0 Å². The molecule has 0 aliphatic carbocycles. The van der Waals surface area contributed by atoms with E-state index in [0.29, 0.717) is 24.8 Å². The van der Waals surface area contributed by atoms with Gasteiger partial charge in [-0.3, -0.25) is 4.79 Å². The standard InChI is InChI=1S/C13H17BrN2O2S/c1-18-6-5-16(11-4-7-19-9-11)13(17)10-2-3-12(14)15-8-10/h2-3,8,11H,4-7,9H2,1H3. The van der Waals surface area contributed by atoms with Gasteiger partial charge in [-0.15, -0.1) is 0 Å². The third kappa shape index (κ3) is 3.94. The van der Waals surface area contributed by atoms with E-state index >= 15 is 0 Å². The average Bonchev–Trinajstić information content (AvgIpc) is 2.94. The number of methoxy groups -OCH3 is 1. The molecule has 1 fully saturated rings. The zero-order valence-electron chi connectivity index (χ0n) is 10.8. The summed E-state index contributed by atoms with van der Waals surface area (Å²) in [6, 6.07) is 3.92. The van der Waals surface area contributed by atoms with Crippen LogP contribution >= 0.6 is 27.7 Å². The highest BCUT2D eigenvalue weighted by Crippen LogP contribution is 2.23. The van der Waals surface area contributed by atoms with Gasteiger partial charge in [0.2, 0.25) is 0 Å². The van der Waals surface area contributed by atoms with Crippen molar-refractivity contribution in [1.29, 1.82) is 0 Å². The lowest BCUT2D eigenvalue weighted by Gasteiger charge is -2.28. The Morgan fingerprint density at radius 3 is 3.05 bits per heavy atom. The molecule has 1 unspecified atom stereocenters. The molecule has 4 nitrogen and oxygen atoms in total. The first-order valence-electron chi connectivity index (χ1n) is 6.21. The molecule has 2 heterocycles. The Morgan fingerprint density at radius 2 is 2.47 bits per heavy atom. The summed E-state index contributed by atoms with van der Waals surface area (Å²) in [4.78, 5) is 18.6. The second-order valence-corrected chi connectivity index (χ2v) is 6.34. The van der Waals surface area contributed by atoms with Crippen LogP contribution in [0.2, 0.25) is 0 Å². The maximum atomic E-state index is 12.6. The molecule has 0 N–H and O–H groups in total. The van der Waals surface area contributed by atoms with Crippen LogP contribution in [-0.2, 0) is 4.74 Å². The van der Waals surface area contributed by atoms with Crippen LogP contribution in [0.25, 0.3) is 0 Å². The minimum atomic E-state index is 0.0459.